The van der Waals surface area contributed by atoms with Gasteiger partial charge in [-0.1, -0.05) is 38.3 Å². The average Bonchev–Trinajstić information content (AvgIpc) is 2.80. The monoisotopic (exact) mass is 295 g/mol. The third-order valence-electron chi connectivity index (χ3n) is 4.33. The summed E-state index contributed by atoms with van der Waals surface area (Å²) in [5, 5.41) is 4.11. The molecule has 0 bridgehead atoms. The summed E-state index contributed by atoms with van der Waals surface area (Å²) in [4.78, 5) is 8.69. The van der Waals surface area contributed by atoms with Crippen molar-refractivity contribution in [2.45, 2.75) is 59.8 Å². The molecule has 0 amide bonds. The fraction of sp³-hybridized carbons (Fsp3) is 0.750. The van der Waals surface area contributed by atoms with E-state index >= 15 is 0 Å². The molecule has 1 aromatic heterocycles. The van der Waals surface area contributed by atoms with Gasteiger partial charge in [-0.2, -0.15) is 0 Å². The molecule has 20 heavy (non-hydrogen) atoms. The smallest absolute Gasteiger partial charge is 0.137 e. The highest BCUT2D eigenvalue weighted by atomic mass is 35.5. The summed E-state index contributed by atoms with van der Waals surface area (Å²) in [6, 6.07) is 0. The highest BCUT2D eigenvalue weighted by molar-refractivity contribution is 6.30. The normalized spacial score (nSPS) is 17.7. The van der Waals surface area contributed by atoms with Crippen LogP contribution in [0.3, 0.4) is 0 Å². The van der Waals surface area contributed by atoms with Crippen molar-refractivity contribution in [3.05, 3.63) is 16.5 Å². The molecule has 112 valence electrons. The van der Waals surface area contributed by atoms with Crippen LogP contribution in [0.2, 0.25) is 5.15 Å². The molecule has 3 nitrogen and oxygen atoms in total. The molecule has 0 aromatic carbocycles. The molecule has 0 saturated heterocycles. The van der Waals surface area contributed by atoms with Crippen LogP contribution in [0.15, 0.2) is 0 Å². The molecule has 1 heterocycles. The molecular formula is C16H26ClN3. The third kappa shape index (κ3) is 3.63. The first-order chi connectivity index (χ1) is 9.42. The molecule has 1 fully saturated rings. The summed E-state index contributed by atoms with van der Waals surface area (Å²) < 4.78 is 0. The Balaban J connectivity index is 2.10. The minimum Gasteiger partial charge on any atom is -0.369 e. The lowest BCUT2D eigenvalue weighted by Gasteiger charge is -2.31. The van der Waals surface area contributed by atoms with Gasteiger partial charge < -0.3 is 5.32 Å². The Morgan fingerprint density at radius 1 is 1.20 bits per heavy atom. The first kappa shape index (κ1) is 15.6. The van der Waals surface area contributed by atoms with E-state index in [1.54, 1.807) is 0 Å². The van der Waals surface area contributed by atoms with Crippen LogP contribution in [0, 0.1) is 25.2 Å². The molecule has 4 heteroatoms. The highest BCUT2D eigenvalue weighted by Gasteiger charge is 2.34. The highest BCUT2D eigenvalue weighted by Crippen LogP contribution is 2.43. The van der Waals surface area contributed by atoms with Crippen molar-refractivity contribution < 1.29 is 0 Å². The second-order valence-corrected chi connectivity index (χ2v) is 7.05. The Morgan fingerprint density at radius 2 is 1.85 bits per heavy atom. The molecule has 1 aromatic rings. The van der Waals surface area contributed by atoms with Crippen LogP contribution in [-0.4, -0.2) is 16.5 Å². The lowest BCUT2D eigenvalue weighted by Crippen LogP contribution is -2.29. The van der Waals surface area contributed by atoms with Gasteiger partial charge in [0.2, 0.25) is 0 Å². The molecule has 0 unspecified atom stereocenters. The number of halogens is 1. The van der Waals surface area contributed by atoms with Crippen molar-refractivity contribution in [2.24, 2.45) is 11.3 Å². The second-order valence-electron chi connectivity index (χ2n) is 6.69. The van der Waals surface area contributed by atoms with Crippen LogP contribution >= 0.6 is 11.6 Å². The van der Waals surface area contributed by atoms with Crippen LogP contribution in [0.1, 0.15) is 57.3 Å². The summed E-state index contributed by atoms with van der Waals surface area (Å²) in [5.74, 6) is 2.37. The van der Waals surface area contributed by atoms with Crippen molar-refractivity contribution in [3.63, 3.8) is 0 Å². The summed E-state index contributed by atoms with van der Waals surface area (Å²) in [6.07, 6.45) is 6.66. The molecule has 1 saturated carbocycles. The van der Waals surface area contributed by atoms with Gasteiger partial charge in [0.05, 0.1) is 0 Å². The summed E-state index contributed by atoms with van der Waals surface area (Å²) in [7, 11) is 0. The molecule has 1 aliphatic rings. The zero-order valence-corrected chi connectivity index (χ0v) is 13.8. The molecule has 0 radical (unpaired) electrons. The number of aromatic nitrogens is 2. The van der Waals surface area contributed by atoms with E-state index in [0.29, 0.717) is 10.6 Å². The number of nitrogens with zero attached hydrogens (tertiary/aromatic N) is 2. The van der Waals surface area contributed by atoms with E-state index in [-0.39, 0.29) is 0 Å². The molecule has 1 aliphatic carbocycles. The SMILES string of the molecule is Cc1nc(Cl)c(C)c(NCC2(CC(C)C)CCCC2)n1. The van der Waals surface area contributed by atoms with Crippen LogP contribution in [0.5, 0.6) is 0 Å². The zero-order valence-electron chi connectivity index (χ0n) is 13.1. The van der Waals surface area contributed by atoms with Crippen LogP contribution in [0.25, 0.3) is 0 Å². The zero-order chi connectivity index (χ0) is 14.8. The van der Waals surface area contributed by atoms with Crippen molar-refractivity contribution in [2.75, 3.05) is 11.9 Å². The van der Waals surface area contributed by atoms with E-state index in [4.69, 9.17) is 11.6 Å². The van der Waals surface area contributed by atoms with Crippen molar-refractivity contribution in [1.82, 2.24) is 9.97 Å². The Labute approximate surface area is 127 Å². The van der Waals surface area contributed by atoms with Crippen molar-refractivity contribution >= 4 is 17.4 Å². The van der Waals surface area contributed by atoms with Crippen LogP contribution < -0.4 is 5.32 Å². The predicted octanol–water partition coefficient (Wildman–Crippen LogP) is 4.77. The number of hydrogen-bond donors (Lipinski definition) is 1. The topological polar surface area (TPSA) is 37.8 Å². The van der Waals surface area contributed by atoms with Crippen molar-refractivity contribution in [1.29, 1.82) is 0 Å². The van der Waals surface area contributed by atoms with E-state index in [0.717, 1.165) is 29.7 Å². The molecular weight excluding hydrogens is 270 g/mol. The van der Waals surface area contributed by atoms with Gasteiger partial charge in [-0.25, -0.2) is 9.97 Å². The fourth-order valence-corrected chi connectivity index (χ4v) is 3.69. The lowest BCUT2D eigenvalue weighted by atomic mass is 9.78. The van der Waals surface area contributed by atoms with Gasteiger partial charge in [0.25, 0.3) is 0 Å². The van der Waals surface area contributed by atoms with E-state index in [1.807, 2.05) is 13.8 Å². The number of anilines is 1. The van der Waals surface area contributed by atoms with Gasteiger partial charge in [0.15, 0.2) is 0 Å². The molecule has 0 aliphatic heterocycles. The Kier molecular flexibility index (Phi) is 4.90. The summed E-state index contributed by atoms with van der Waals surface area (Å²) in [5.41, 5.74) is 1.39. The van der Waals surface area contributed by atoms with Crippen LogP contribution in [-0.2, 0) is 0 Å². The Morgan fingerprint density at radius 3 is 2.45 bits per heavy atom. The van der Waals surface area contributed by atoms with Crippen LogP contribution in [0.4, 0.5) is 5.82 Å². The molecule has 1 N–H and O–H groups in total. The van der Waals surface area contributed by atoms with E-state index in [9.17, 15) is 0 Å². The number of nitrogens with one attached hydrogen (secondary N) is 1. The number of aryl methyl sites for hydroxylation is 1. The quantitative estimate of drug-likeness (QED) is 0.796. The van der Waals surface area contributed by atoms with E-state index in [1.165, 1.54) is 32.1 Å². The van der Waals surface area contributed by atoms with Gasteiger partial charge in [0, 0.05) is 12.1 Å². The predicted molar refractivity (Wildman–Crippen MR) is 85.4 cm³/mol. The van der Waals surface area contributed by atoms with Gasteiger partial charge in [0.1, 0.15) is 16.8 Å². The lowest BCUT2D eigenvalue weighted by molar-refractivity contribution is 0.252. The minimum absolute atomic E-state index is 0.436. The van der Waals surface area contributed by atoms with Gasteiger partial charge in [-0.05, 0) is 44.4 Å². The second kappa shape index (κ2) is 6.30. The van der Waals surface area contributed by atoms with Gasteiger partial charge >= 0.3 is 0 Å². The Bertz CT molecular complexity index is 465. The first-order valence-corrected chi connectivity index (χ1v) is 8.04. The maximum Gasteiger partial charge on any atom is 0.137 e. The number of hydrogen-bond acceptors (Lipinski definition) is 3. The van der Waals surface area contributed by atoms with Gasteiger partial charge in [-0.3, -0.25) is 0 Å². The first-order valence-electron chi connectivity index (χ1n) is 7.66. The molecule has 0 atom stereocenters. The van der Waals surface area contributed by atoms with Gasteiger partial charge in [-0.15, -0.1) is 0 Å². The maximum atomic E-state index is 6.14. The van der Waals surface area contributed by atoms with E-state index in [2.05, 4.69) is 29.1 Å². The standard InChI is InChI=1S/C16H26ClN3/c1-11(2)9-16(7-5-6-8-16)10-18-15-12(3)14(17)19-13(4)20-15/h11H,5-10H2,1-4H3,(H,18,19,20). The summed E-state index contributed by atoms with van der Waals surface area (Å²) >= 11 is 6.14. The third-order valence-corrected chi connectivity index (χ3v) is 4.70. The molecule has 0 spiro atoms. The maximum absolute atomic E-state index is 6.14. The average molecular weight is 296 g/mol. The molecule has 2 rings (SSSR count). The number of rotatable bonds is 5. The summed E-state index contributed by atoms with van der Waals surface area (Å²) in [6.45, 7) is 9.50. The van der Waals surface area contributed by atoms with Crippen molar-refractivity contribution in [3.8, 4) is 0 Å². The fourth-order valence-electron chi connectivity index (χ4n) is 3.48. The van der Waals surface area contributed by atoms with E-state index < -0.39 is 0 Å². The Hall–Kier alpha value is -0.830. The largest absolute Gasteiger partial charge is 0.369 e. The minimum atomic E-state index is 0.436.